The summed E-state index contributed by atoms with van der Waals surface area (Å²) in [4.78, 5) is 10.7. The monoisotopic (exact) mass is 342 g/mol. The lowest BCUT2D eigenvalue weighted by molar-refractivity contribution is 1.32. The van der Waals surface area contributed by atoms with Crippen molar-refractivity contribution in [1.29, 1.82) is 5.26 Å². The molecule has 4 rings (SSSR count). The van der Waals surface area contributed by atoms with Gasteiger partial charge in [-0.2, -0.15) is 5.26 Å². The van der Waals surface area contributed by atoms with Crippen LogP contribution in [0, 0.1) is 11.3 Å². The van der Waals surface area contributed by atoms with Gasteiger partial charge in [-0.15, -0.1) is 11.3 Å². The number of anilines is 1. The molecule has 0 spiro atoms. The zero-order valence-corrected chi connectivity index (χ0v) is 14.1. The third-order valence-corrected chi connectivity index (χ3v) is 5.16. The Morgan fingerprint density at radius 3 is 2.60 bits per heavy atom. The van der Waals surface area contributed by atoms with Crippen LogP contribution in [-0.2, 0) is 6.42 Å². The zero-order chi connectivity index (χ0) is 17.2. The van der Waals surface area contributed by atoms with E-state index in [2.05, 4.69) is 11.1 Å². The van der Waals surface area contributed by atoms with Crippen molar-refractivity contribution in [2.24, 2.45) is 0 Å². The number of rotatable bonds is 3. The van der Waals surface area contributed by atoms with Crippen molar-refractivity contribution in [1.82, 2.24) is 9.97 Å². The average Bonchev–Trinajstić information content (AvgIpc) is 2.98. The molecular weight excluding hydrogens is 328 g/mol. The fourth-order valence-corrected chi connectivity index (χ4v) is 3.92. The van der Waals surface area contributed by atoms with Crippen molar-refractivity contribution in [3.63, 3.8) is 0 Å². The maximum absolute atomic E-state index is 9.06. The molecule has 5 heteroatoms. The molecule has 1 aromatic carbocycles. The minimum atomic E-state index is 0.292. The van der Waals surface area contributed by atoms with E-state index in [-0.39, 0.29) is 0 Å². The number of benzene rings is 1. The Balaban J connectivity index is 2.04. The quantitative estimate of drug-likeness (QED) is 0.587. The Hall–Kier alpha value is -3.23. The van der Waals surface area contributed by atoms with Gasteiger partial charge in [0.2, 0.25) is 0 Å². The zero-order valence-electron chi connectivity index (χ0n) is 13.3. The van der Waals surface area contributed by atoms with Crippen molar-refractivity contribution in [2.75, 3.05) is 5.73 Å². The Morgan fingerprint density at radius 1 is 1.08 bits per heavy atom. The molecule has 25 heavy (non-hydrogen) atoms. The number of aromatic nitrogens is 2. The third-order valence-electron chi connectivity index (χ3n) is 4.06. The fourth-order valence-electron chi connectivity index (χ4n) is 2.88. The molecule has 0 aliphatic carbocycles. The standard InChI is InChI=1S/C20H14N4S/c21-9-8-17-19(22)18-15(14-7-4-10-23-12-14)11-16(24-20(18)25-17)13-5-2-1-3-6-13/h1-7,10-12H,8,22H2. The number of nitrogen functional groups attached to an aromatic ring is 1. The van der Waals surface area contributed by atoms with Crippen LogP contribution in [0.15, 0.2) is 60.9 Å². The first kappa shape index (κ1) is 15.3. The van der Waals surface area contributed by atoms with E-state index in [1.54, 1.807) is 6.20 Å². The predicted octanol–water partition coefficient (Wildman–Crippen LogP) is 4.67. The Bertz CT molecular complexity index is 1080. The van der Waals surface area contributed by atoms with Crippen molar-refractivity contribution in [2.45, 2.75) is 6.42 Å². The first-order valence-corrected chi connectivity index (χ1v) is 8.64. The minimum Gasteiger partial charge on any atom is -0.397 e. The second-order valence-electron chi connectivity index (χ2n) is 5.62. The van der Waals surface area contributed by atoms with Gasteiger partial charge in [-0.1, -0.05) is 36.4 Å². The van der Waals surface area contributed by atoms with Gasteiger partial charge < -0.3 is 5.73 Å². The van der Waals surface area contributed by atoms with E-state index in [0.717, 1.165) is 37.5 Å². The van der Waals surface area contributed by atoms with Gasteiger partial charge in [0.15, 0.2) is 0 Å². The number of nitrogens with two attached hydrogens (primary N) is 1. The van der Waals surface area contributed by atoms with Gasteiger partial charge in [0, 0.05) is 33.8 Å². The van der Waals surface area contributed by atoms with Crippen molar-refractivity contribution in [3.8, 4) is 28.5 Å². The molecule has 0 aliphatic rings. The van der Waals surface area contributed by atoms with E-state index < -0.39 is 0 Å². The molecule has 0 saturated heterocycles. The summed E-state index contributed by atoms with van der Waals surface area (Å²) in [6.45, 7) is 0. The van der Waals surface area contributed by atoms with E-state index in [1.807, 2.05) is 54.7 Å². The lowest BCUT2D eigenvalue weighted by Gasteiger charge is -2.08. The number of hydrogen-bond acceptors (Lipinski definition) is 5. The molecule has 4 aromatic rings. The van der Waals surface area contributed by atoms with Crippen LogP contribution in [0.25, 0.3) is 32.6 Å². The molecule has 0 radical (unpaired) electrons. The summed E-state index contributed by atoms with van der Waals surface area (Å²) in [5, 5.41) is 9.96. The van der Waals surface area contributed by atoms with Crippen LogP contribution in [0.4, 0.5) is 5.69 Å². The highest BCUT2D eigenvalue weighted by Gasteiger charge is 2.17. The van der Waals surface area contributed by atoms with Crippen LogP contribution in [-0.4, -0.2) is 9.97 Å². The topological polar surface area (TPSA) is 75.6 Å². The van der Waals surface area contributed by atoms with Gasteiger partial charge in [0.05, 0.1) is 23.9 Å². The molecule has 0 aliphatic heterocycles. The van der Waals surface area contributed by atoms with E-state index in [1.165, 1.54) is 11.3 Å². The maximum atomic E-state index is 9.06. The average molecular weight is 342 g/mol. The Morgan fingerprint density at radius 2 is 1.88 bits per heavy atom. The van der Waals surface area contributed by atoms with Gasteiger partial charge >= 0.3 is 0 Å². The molecule has 0 saturated carbocycles. The summed E-state index contributed by atoms with van der Waals surface area (Å²) in [5.74, 6) is 0. The number of thiophene rings is 1. The smallest absolute Gasteiger partial charge is 0.127 e. The minimum absolute atomic E-state index is 0.292. The van der Waals surface area contributed by atoms with Crippen molar-refractivity contribution < 1.29 is 0 Å². The molecule has 0 fully saturated rings. The molecule has 0 amide bonds. The summed E-state index contributed by atoms with van der Waals surface area (Å²) in [5.41, 5.74) is 10.9. The Labute approximate surface area is 149 Å². The highest BCUT2D eigenvalue weighted by atomic mass is 32.1. The first-order valence-electron chi connectivity index (χ1n) is 7.82. The maximum Gasteiger partial charge on any atom is 0.127 e. The van der Waals surface area contributed by atoms with Crippen LogP contribution in [0.5, 0.6) is 0 Å². The SMILES string of the molecule is N#CCc1sc2nc(-c3ccccc3)cc(-c3cccnc3)c2c1N. The molecule has 0 atom stereocenters. The molecule has 0 unspecified atom stereocenters. The van der Waals surface area contributed by atoms with Crippen LogP contribution >= 0.6 is 11.3 Å². The van der Waals surface area contributed by atoms with E-state index in [0.29, 0.717) is 12.1 Å². The van der Waals surface area contributed by atoms with Crippen molar-refractivity contribution >= 4 is 27.2 Å². The largest absolute Gasteiger partial charge is 0.397 e. The molecule has 2 N–H and O–H groups in total. The number of nitrogens with zero attached hydrogens (tertiary/aromatic N) is 3. The van der Waals surface area contributed by atoms with Crippen LogP contribution < -0.4 is 5.73 Å². The lowest BCUT2D eigenvalue weighted by atomic mass is 10.0. The van der Waals surface area contributed by atoms with E-state index >= 15 is 0 Å². The molecular formula is C20H14N4S. The van der Waals surface area contributed by atoms with Gasteiger partial charge in [-0.05, 0) is 17.7 Å². The summed E-state index contributed by atoms with van der Waals surface area (Å²) in [6.07, 6.45) is 3.86. The molecule has 120 valence electrons. The number of hydrogen-bond donors (Lipinski definition) is 1. The van der Waals surface area contributed by atoms with Gasteiger partial charge in [-0.3, -0.25) is 4.98 Å². The molecule has 0 bridgehead atoms. The van der Waals surface area contributed by atoms with Crippen LogP contribution in [0.1, 0.15) is 4.88 Å². The number of pyridine rings is 2. The predicted molar refractivity (Wildman–Crippen MR) is 102 cm³/mol. The molecule has 3 heterocycles. The van der Waals surface area contributed by atoms with Crippen LogP contribution in [0.2, 0.25) is 0 Å². The number of fused-ring (bicyclic) bond motifs is 1. The van der Waals surface area contributed by atoms with E-state index in [4.69, 9.17) is 16.0 Å². The fraction of sp³-hybridized carbons (Fsp3) is 0.0500. The highest BCUT2D eigenvalue weighted by Crippen LogP contribution is 2.41. The third kappa shape index (κ3) is 2.73. The first-order chi connectivity index (χ1) is 12.3. The van der Waals surface area contributed by atoms with Gasteiger partial charge in [-0.25, -0.2) is 4.98 Å². The Kier molecular flexibility index (Phi) is 3.88. The number of nitriles is 1. The normalized spacial score (nSPS) is 10.7. The molecule has 4 nitrogen and oxygen atoms in total. The van der Waals surface area contributed by atoms with Gasteiger partial charge in [0.1, 0.15) is 4.83 Å². The summed E-state index contributed by atoms with van der Waals surface area (Å²) in [6, 6.07) is 18.2. The second-order valence-corrected chi connectivity index (χ2v) is 6.70. The van der Waals surface area contributed by atoms with Crippen LogP contribution in [0.3, 0.4) is 0 Å². The highest BCUT2D eigenvalue weighted by molar-refractivity contribution is 7.19. The lowest BCUT2D eigenvalue weighted by Crippen LogP contribution is -1.92. The van der Waals surface area contributed by atoms with E-state index in [9.17, 15) is 0 Å². The van der Waals surface area contributed by atoms with Gasteiger partial charge in [0.25, 0.3) is 0 Å². The summed E-state index contributed by atoms with van der Waals surface area (Å²) >= 11 is 1.49. The molecule has 3 aromatic heterocycles. The van der Waals surface area contributed by atoms with Crippen molar-refractivity contribution in [3.05, 3.63) is 65.8 Å². The summed E-state index contributed by atoms with van der Waals surface area (Å²) in [7, 11) is 0. The second kappa shape index (κ2) is 6.34. The summed E-state index contributed by atoms with van der Waals surface area (Å²) < 4.78 is 0.